The minimum Gasteiger partial charge on any atom is -0.144 e. The number of benzene rings is 5. The lowest BCUT2D eigenvalue weighted by Crippen LogP contribution is -2.40. The second-order valence-electron chi connectivity index (χ2n) is 11.3. The van der Waals surface area contributed by atoms with E-state index in [1.165, 1.54) is 66.1 Å². The molecule has 2 aliphatic carbocycles. The fraction of sp³-hybridized carbons (Fsp3) is 0.105. The van der Waals surface area contributed by atoms with Gasteiger partial charge in [0.1, 0.15) is 0 Å². The average molecular weight is 517 g/mol. The van der Waals surface area contributed by atoms with Crippen LogP contribution in [-0.4, -0.2) is 0 Å². The molecular weight excluding hydrogens is 488 g/mol. The third-order valence-electron chi connectivity index (χ3n) is 9.06. The minimum atomic E-state index is -0.351. The molecule has 1 heterocycles. The molecule has 0 bridgehead atoms. The maximum atomic E-state index is 2.50. The Balaban J connectivity index is 1.47. The molecule has 0 fully saturated rings. The molecule has 1 spiro atoms. The first-order chi connectivity index (χ1) is 19.1. The zero-order valence-corrected chi connectivity index (χ0v) is 22.9. The highest BCUT2D eigenvalue weighted by atomic mass is 32.1. The van der Waals surface area contributed by atoms with Crippen molar-refractivity contribution in [1.29, 1.82) is 0 Å². The third-order valence-corrected chi connectivity index (χ3v) is 9.97. The van der Waals surface area contributed by atoms with E-state index >= 15 is 0 Å². The van der Waals surface area contributed by atoms with Gasteiger partial charge in [-0.1, -0.05) is 123 Å². The maximum Gasteiger partial charge on any atom is 0.0719 e. The SMILES string of the molecule is CC1(C)c2ccccc2C2(c3ccccc3-c3ccccc32)c2cc(-c3cccc(-c4cccs4)c3)ccc21. The van der Waals surface area contributed by atoms with Gasteiger partial charge in [-0.25, -0.2) is 0 Å². The summed E-state index contributed by atoms with van der Waals surface area (Å²) in [5, 5.41) is 2.15. The van der Waals surface area contributed by atoms with Gasteiger partial charge in [0, 0.05) is 10.3 Å². The van der Waals surface area contributed by atoms with Gasteiger partial charge in [-0.3, -0.25) is 0 Å². The highest BCUT2D eigenvalue weighted by Crippen LogP contribution is 2.62. The fourth-order valence-corrected chi connectivity index (χ4v) is 8.06. The van der Waals surface area contributed by atoms with Crippen LogP contribution in [0.5, 0.6) is 0 Å². The van der Waals surface area contributed by atoms with Gasteiger partial charge >= 0.3 is 0 Å². The molecule has 39 heavy (non-hydrogen) atoms. The van der Waals surface area contributed by atoms with Crippen LogP contribution in [-0.2, 0) is 10.8 Å². The van der Waals surface area contributed by atoms with Crippen molar-refractivity contribution < 1.29 is 0 Å². The summed E-state index contributed by atoms with van der Waals surface area (Å²) in [6.07, 6.45) is 0. The Bertz CT molecular complexity index is 1840. The summed E-state index contributed by atoms with van der Waals surface area (Å²) in [6.45, 7) is 4.78. The van der Waals surface area contributed by atoms with Crippen molar-refractivity contribution in [2.24, 2.45) is 0 Å². The van der Waals surface area contributed by atoms with E-state index in [1.54, 1.807) is 11.3 Å². The summed E-state index contributed by atoms with van der Waals surface area (Å²) in [5.41, 5.74) is 14.4. The average Bonchev–Trinajstić information content (AvgIpc) is 3.63. The second-order valence-corrected chi connectivity index (χ2v) is 12.3. The van der Waals surface area contributed by atoms with E-state index in [0.29, 0.717) is 0 Å². The smallest absolute Gasteiger partial charge is 0.0719 e. The number of thiophene rings is 1. The Kier molecular flexibility index (Phi) is 4.75. The van der Waals surface area contributed by atoms with Gasteiger partial charge in [-0.2, -0.15) is 0 Å². The summed E-state index contributed by atoms with van der Waals surface area (Å²) in [7, 11) is 0. The molecule has 0 amide bonds. The fourth-order valence-electron chi connectivity index (χ4n) is 7.33. The lowest BCUT2D eigenvalue weighted by molar-refractivity contribution is 0.563. The highest BCUT2D eigenvalue weighted by Gasteiger charge is 2.53. The van der Waals surface area contributed by atoms with Crippen molar-refractivity contribution in [2.75, 3.05) is 0 Å². The van der Waals surface area contributed by atoms with E-state index in [9.17, 15) is 0 Å². The molecule has 1 heteroatoms. The summed E-state index contributed by atoms with van der Waals surface area (Å²) in [4.78, 5) is 1.31. The van der Waals surface area contributed by atoms with Crippen LogP contribution in [0.2, 0.25) is 0 Å². The van der Waals surface area contributed by atoms with E-state index < -0.39 is 0 Å². The molecule has 2 aliphatic rings. The minimum absolute atomic E-state index is 0.110. The first kappa shape index (κ1) is 22.8. The predicted molar refractivity (Wildman–Crippen MR) is 165 cm³/mol. The molecule has 8 rings (SSSR count). The van der Waals surface area contributed by atoms with Gasteiger partial charge in [0.25, 0.3) is 0 Å². The van der Waals surface area contributed by atoms with Crippen molar-refractivity contribution in [3.8, 4) is 32.7 Å². The lowest BCUT2D eigenvalue weighted by Gasteiger charge is -2.46. The highest BCUT2D eigenvalue weighted by molar-refractivity contribution is 7.13. The lowest BCUT2D eigenvalue weighted by atomic mass is 9.55. The Morgan fingerprint density at radius 1 is 0.436 bits per heavy atom. The quantitative estimate of drug-likeness (QED) is 0.214. The standard InChI is InChI=1S/C38H28S/c1-37(2)32-17-7-8-18-34(32)38(30-15-5-3-13-28(30)29-14-4-6-16-31(29)38)35-24-26(20-21-33(35)37)25-11-9-12-27(23-25)36-19-10-22-39-36/h3-24H,1-2H3. The summed E-state index contributed by atoms with van der Waals surface area (Å²) >= 11 is 1.79. The maximum absolute atomic E-state index is 2.50. The molecule has 0 saturated carbocycles. The van der Waals surface area contributed by atoms with E-state index in [2.05, 4.69) is 147 Å². The zero-order chi connectivity index (χ0) is 26.2. The van der Waals surface area contributed by atoms with Crippen LogP contribution in [0.3, 0.4) is 0 Å². The normalized spacial score (nSPS) is 15.3. The third kappa shape index (κ3) is 3.00. The van der Waals surface area contributed by atoms with Crippen LogP contribution in [0.15, 0.2) is 133 Å². The Morgan fingerprint density at radius 2 is 1.03 bits per heavy atom. The number of hydrogen-bond donors (Lipinski definition) is 0. The summed E-state index contributed by atoms with van der Waals surface area (Å²) in [5.74, 6) is 0. The van der Waals surface area contributed by atoms with Crippen LogP contribution in [0.25, 0.3) is 32.7 Å². The predicted octanol–water partition coefficient (Wildman–Crippen LogP) is 10.1. The molecule has 1 aromatic heterocycles. The number of fused-ring (bicyclic) bond motifs is 9. The van der Waals surface area contributed by atoms with Crippen molar-refractivity contribution in [3.05, 3.63) is 166 Å². The molecule has 0 unspecified atom stereocenters. The van der Waals surface area contributed by atoms with E-state index in [1.807, 2.05) is 0 Å². The molecular formula is C38H28S. The molecule has 0 N–H and O–H groups in total. The molecule has 0 radical (unpaired) electrons. The van der Waals surface area contributed by atoms with Crippen molar-refractivity contribution in [1.82, 2.24) is 0 Å². The van der Waals surface area contributed by atoms with Crippen LogP contribution < -0.4 is 0 Å². The first-order valence-electron chi connectivity index (χ1n) is 13.7. The Morgan fingerprint density at radius 3 is 1.72 bits per heavy atom. The molecule has 0 nitrogen and oxygen atoms in total. The zero-order valence-electron chi connectivity index (χ0n) is 22.1. The largest absolute Gasteiger partial charge is 0.144 e. The van der Waals surface area contributed by atoms with Crippen molar-refractivity contribution in [3.63, 3.8) is 0 Å². The molecule has 186 valence electrons. The van der Waals surface area contributed by atoms with Crippen molar-refractivity contribution >= 4 is 11.3 Å². The second kappa shape index (κ2) is 8.15. The summed E-state index contributed by atoms with van der Waals surface area (Å²) < 4.78 is 0. The Labute approximate surface area is 234 Å². The molecule has 6 aromatic rings. The monoisotopic (exact) mass is 516 g/mol. The number of rotatable bonds is 2. The van der Waals surface area contributed by atoms with Crippen LogP contribution >= 0.6 is 11.3 Å². The van der Waals surface area contributed by atoms with Crippen LogP contribution in [0, 0.1) is 0 Å². The van der Waals surface area contributed by atoms with Crippen molar-refractivity contribution in [2.45, 2.75) is 24.7 Å². The molecule has 5 aromatic carbocycles. The first-order valence-corrected chi connectivity index (χ1v) is 14.6. The Hall–Kier alpha value is -4.20. The topological polar surface area (TPSA) is 0 Å². The van der Waals surface area contributed by atoms with E-state index in [4.69, 9.17) is 0 Å². The molecule has 0 atom stereocenters. The van der Waals surface area contributed by atoms with Crippen LogP contribution in [0.4, 0.5) is 0 Å². The van der Waals surface area contributed by atoms with Gasteiger partial charge in [0.05, 0.1) is 5.41 Å². The van der Waals surface area contributed by atoms with Gasteiger partial charge in [-0.15, -0.1) is 11.3 Å². The molecule has 0 aliphatic heterocycles. The molecule has 0 saturated heterocycles. The number of hydrogen-bond acceptors (Lipinski definition) is 1. The van der Waals surface area contributed by atoms with Gasteiger partial charge in [-0.05, 0) is 84.8 Å². The van der Waals surface area contributed by atoms with E-state index in [-0.39, 0.29) is 10.8 Å². The summed E-state index contributed by atoms with van der Waals surface area (Å²) in [6, 6.07) is 47.9. The van der Waals surface area contributed by atoms with Gasteiger partial charge < -0.3 is 0 Å². The van der Waals surface area contributed by atoms with Crippen LogP contribution in [0.1, 0.15) is 47.2 Å². The van der Waals surface area contributed by atoms with Gasteiger partial charge in [0.2, 0.25) is 0 Å². The van der Waals surface area contributed by atoms with Gasteiger partial charge in [0.15, 0.2) is 0 Å². The van der Waals surface area contributed by atoms with E-state index in [0.717, 1.165) is 0 Å².